The van der Waals surface area contributed by atoms with E-state index in [0.29, 0.717) is 17.6 Å². The molecule has 2 fully saturated rings. The molecule has 3 aromatic rings. The number of amides is 1. The summed E-state index contributed by atoms with van der Waals surface area (Å²) in [4.78, 5) is 29.5. The van der Waals surface area contributed by atoms with Gasteiger partial charge in [0.05, 0.1) is 5.51 Å². The van der Waals surface area contributed by atoms with Crippen LogP contribution in [0.2, 0.25) is 0 Å². The van der Waals surface area contributed by atoms with E-state index in [1.54, 1.807) is 5.51 Å². The van der Waals surface area contributed by atoms with E-state index >= 15 is 0 Å². The number of anilines is 3. The van der Waals surface area contributed by atoms with Gasteiger partial charge in [0.25, 0.3) is 0 Å². The van der Waals surface area contributed by atoms with E-state index in [9.17, 15) is 4.79 Å². The molecule has 176 valence electrons. The van der Waals surface area contributed by atoms with Crippen LogP contribution >= 0.6 is 11.3 Å². The number of H-pyrrole nitrogens is 1. The summed E-state index contributed by atoms with van der Waals surface area (Å²) in [5.41, 5.74) is 2.97. The van der Waals surface area contributed by atoms with Crippen molar-refractivity contribution in [3.05, 3.63) is 17.3 Å². The van der Waals surface area contributed by atoms with Crippen molar-refractivity contribution in [2.75, 3.05) is 10.6 Å². The molecule has 0 aromatic carbocycles. The van der Waals surface area contributed by atoms with Crippen molar-refractivity contribution in [1.29, 1.82) is 0 Å². The van der Waals surface area contributed by atoms with Gasteiger partial charge in [-0.25, -0.2) is 14.8 Å². The molecule has 0 saturated carbocycles. The van der Waals surface area contributed by atoms with Crippen molar-refractivity contribution in [3.63, 3.8) is 0 Å². The smallest absolute Gasteiger partial charge is 0.410 e. The van der Waals surface area contributed by atoms with Crippen molar-refractivity contribution < 1.29 is 9.53 Å². The normalized spacial score (nSPS) is 22.9. The molecule has 11 heteroatoms. The Kier molecular flexibility index (Phi) is 5.59. The van der Waals surface area contributed by atoms with Crippen LogP contribution < -0.4 is 10.6 Å². The zero-order valence-electron chi connectivity index (χ0n) is 19.4. The van der Waals surface area contributed by atoms with Crippen LogP contribution in [0.4, 0.5) is 22.4 Å². The van der Waals surface area contributed by atoms with Crippen molar-refractivity contribution in [2.24, 2.45) is 0 Å². The first-order chi connectivity index (χ1) is 15.7. The minimum Gasteiger partial charge on any atom is -0.444 e. The summed E-state index contributed by atoms with van der Waals surface area (Å²) in [5.74, 6) is 1.88. The molecular weight excluding hydrogens is 440 g/mol. The van der Waals surface area contributed by atoms with Crippen LogP contribution in [-0.4, -0.2) is 59.9 Å². The molecule has 2 aliphatic heterocycles. The maximum Gasteiger partial charge on any atom is 0.410 e. The number of thiazole rings is 1. The number of aromatic amines is 1. The number of hydrogen-bond donors (Lipinski definition) is 3. The van der Waals surface area contributed by atoms with Gasteiger partial charge >= 0.3 is 6.09 Å². The molecule has 5 heterocycles. The Labute approximate surface area is 196 Å². The summed E-state index contributed by atoms with van der Waals surface area (Å²) in [6.07, 6.45) is 4.63. The highest BCUT2D eigenvalue weighted by atomic mass is 32.1. The highest BCUT2D eigenvalue weighted by molar-refractivity contribution is 7.16. The van der Waals surface area contributed by atoms with Crippen LogP contribution in [0.5, 0.6) is 0 Å². The average molecular weight is 471 g/mol. The Bertz CT molecular complexity index is 1140. The molecule has 5 rings (SSSR count). The third-order valence-corrected chi connectivity index (χ3v) is 6.78. The largest absolute Gasteiger partial charge is 0.444 e. The Balaban J connectivity index is 1.34. The van der Waals surface area contributed by atoms with Gasteiger partial charge in [0.15, 0.2) is 16.5 Å². The number of nitrogens with one attached hydrogen (secondary N) is 3. The third-order valence-electron chi connectivity index (χ3n) is 6.06. The summed E-state index contributed by atoms with van der Waals surface area (Å²) < 4.78 is 5.70. The second kappa shape index (κ2) is 8.44. The zero-order chi connectivity index (χ0) is 23.2. The maximum atomic E-state index is 12.9. The van der Waals surface area contributed by atoms with Gasteiger partial charge in [0.2, 0.25) is 5.95 Å². The van der Waals surface area contributed by atoms with Crippen LogP contribution in [0.1, 0.15) is 58.6 Å². The fourth-order valence-corrected chi connectivity index (χ4v) is 5.47. The van der Waals surface area contributed by atoms with Gasteiger partial charge in [-0.2, -0.15) is 10.1 Å². The number of carbonyl (C=O) groups is 1. The summed E-state index contributed by atoms with van der Waals surface area (Å²) in [5, 5.41) is 14.0. The lowest BCUT2D eigenvalue weighted by Crippen LogP contribution is -2.58. The van der Waals surface area contributed by atoms with E-state index in [0.717, 1.165) is 48.1 Å². The van der Waals surface area contributed by atoms with E-state index in [2.05, 4.69) is 25.8 Å². The molecule has 0 spiro atoms. The fourth-order valence-electron chi connectivity index (χ4n) is 4.81. The van der Waals surface area contributed by atoms with E-state index in [4.69, 9.17) is 14.7 Å². The number of nitrogens with zero attached hydrogens (tertiary/aromatic N) is 5. The van der Waals surface area contributed by atoms with E-state index in [1.807, 2.05) is 38.7 Å². The standard InChI is InChI=1S/C22H30N8O2S/c1-12-8-16(29-28-12)25-18-17-19(33-11-23-17)27-20(26-18)24-13-9-14-6-5-7-15(10-13)30(14)21(31)32-22(2,3)4/h8,11,13-15H,5-7,9-10H2,1-4H3,(H3,24,25,26,27,28,29)/t13-,14-,15+. The van der Waals surface area contributed by atoms with Crippen LogP contribution in [0, 0.1) is 6.92 Å². The predicted octanol–water partition coefficient (Wildman–Crippen LogP) is 4.59. The maximum absolute atomic E-state index is 12.9. The second-order valence-electron chi connectivity index (χ2n) is 9.90. The van der Waals surface area contributed by atoms with Crippen molar-refractivity contribution >= 4 is 45.4 Å². The predicted molar refractivity (Wildman–Crippen MR) is 128 cm³/mol. The molecule has 2 bridgehead atoms. The average Bonchev–Trinajstić information content (AvgIpc) is 3.35. The first-order valence-electron chi connectivity index (χ1n) is 11.4. The number of ether oxygens (including phenoxy) is 1. The van der Waals surface area contributed by atoms with Crippen molar-refractivity contribution in [3.8, 4) is 0 Å². The number of aryl methyl sites for hydroxylation is 1. The van der Waals surface area contributed by atoms with Crippen LogP contribution in [0.25, 0.3) is 10.3 Å². The van der Waals surface area contributed by atoms with Crippen LogP contribution in [-0.2, 0) is 4.74 Å². The number of hydrogen-bond acceptors (Lipinski definition) is 9. The van der Waals surface area contributed by atoms with Crippen LogP contribution in [0.3, 0.4) is 0 Å². The Morgan fingerprint density at radius 2 is 2.00 bits per heavy atom. The molecule has 2 aliphatic rings. The lowest BCUT2D eigenvalue weighted by atomic mass is 9.82. The molecule has 3 N–H and O–H groups in total. The molecule has 3 atom stereocenters. The first-order valence-corrected chi connectivity index (χ1v) is 12.3. The molecule has 0 radical (unpaired) electrons. The fraction of sp³-hybridized carbons (Fsp3) is 0.591. The molecule has 3 aromatic heterocycles. The van der Waals surface area contributed by atoms with Crippen molar-refractivity contribution in [2.45, 2.75) is 83.5 Å². The van der Waals surface area contributed by atoms with Gasteiger partial charge in [-0.3, -0.25) is 5.10 Å². The molecule has 10 nitrogen and oxygen atoms in total. The van der Waals surface area contributed by atoms with Gasteiger partial charge in [-0.1, -0.05) is 0 Å². The Hall–Kier alpha value is -2.95. The lowest BCUT2D eigenvalue weighted by Gasteiger charge is -2.48. The quantitative estimate of drug-likeness (QED) is 0.506. The SMILES string of the molecule is Cc1cc(Nc2nc(N[C@@H]3C[C@H]4CCC[C@@H](C3)N4C(=O)OC(C)(C)C)nc3scnc23)n[nH]1. The van der Waals surface area contributed by atoms with Gasteiger partial charge in [0, 0.05) is 29.9 Å². The third kappa shape index (κ3) is 4.73. The van der Waals surface area contributed by atoms with E-state index in [-0.39, 0.29) is 24.2 Å². The number of carbonyl (C=O) groups excluding carboxylic acids is 1. The summed E-state index contributed by atoms with van der Waals surface area (Å²) in [6.45, 7) is 7.69. The first kappa shape index (κ1) is 21.9. The lowest BCUT2D eigenvalue weighted by molar-refractivity contribution is -0.0199. The van der Waals surface area contributed by atoms with Crippen molar-refractivity contribution in [1.82, 2.24) is 30.0 Å². The molecule has 1 amide bonds. The molecule has 0 aliphatic carbocycles. The minimum atomic E-state index is -0.491. The van der Waals surface area contributed by atoms with Crippen LogP contribution in [0.15, 0.2) is 11.6 Å². The Morgan fingerprint density at radius 3 is 2.67 bits per heavy atom. The minimum absolute atomic E-state index is 0.168. The topological polar surface area (TPSA) is 121 Å². The van der Waals surface area contributed by atoms with E-state index in [1.165, 1.54) is 11.3 Å². The highest BCUT2D eigenvalue weighted by Gasteiger charge is 2.42. The molecule has 2 saturated heterocycles. The molecule has 0 unspecified atom stereocenters. The zero-order valence-corrected chi connectivity index (χ0v) is 20.2. The monoisotopic (exact) mass is 470 g/mol. The summed E-state index contributed by atoms with van der Waals surface area (Å²) in [6, 6.07) is 2.44. The number of rotatable bonds is 4. The van der Waals surface area contributed by atoms with E-state index < -0.39 is 5.60 Å². The summed E-state index contributed by atoms with van der Waals surface area (Å²) in [7, 11) is 0. The van der Waals surface area contributed by atoms with Gasteiger partial charge < -0.3 is 20.3 Å². The van der Waals surface area contributed by atoms with Gasteiger partial charge in [-0.15, -0.1) is 11.3 Å². The molecular formula is C22H30N8O2S. The van der Waals surface area contributed by atoms with Gasteiger partial charge in [-0.05, 0) is 59.8 Å². The number of piperidine rings is 2. The summed E-state index contributed by atoms with van der Waals surface area (Å²) >= 11 is 1.48. The second-order valence-corrected chi connectivity index (χ2v) is 10.7. The van der Waals surface area contributed by atoms with Gasteiger partial charge in [0.1, 0.15) is 11.1 Å². The molecule has 33 heavy (non-hydrogen) atoms. The highest BCUT2D eigenvalue weighted by Crippen LogP contribution is 2.36. The number of fused-ring (bicyclic) bond motifs is 3. The Morgan fingerprint density at radius 1 is 1.24 bits per heavy atom. The number of aromatic nitrogens is 5.